The smallest absolute Gasteiger partial charge is 0.196 e. The number of hydrogen-bond donors (Lipinski definition) is 2. The molecule has 0 aliphatic heterocycles. The van der Waals surface area contributed by atoms with Crippen LogP contribution >= 0.6 is 24.0 Å². The Morgan fingerprint density at radius 3 is 2.48 bits per heavy atom. The van der Waals surface area contributed by atoms with Crippen LogP contribution in [0.3, 0.4) is 0 Å². The molecule has 2 atom stereocenters. The van der Waals surface area contributed by atoms with Gasteiger partial charge in [-0.15, -0.1) is 24.0 Å². The summed E-state index contributed by atoms with van der Waals surface area (Å²) in [6.07, 6.45) is 5.22. The number of methoxy groups -OCH3 is 2. The molecule has 2 aliphatic carbocycles. The number of aliphatic imine (C=N–C) groups is 1. The first kappa shape index (κ1) is 22.1. The van der Waals surface area contributed by atoms with Crippen molar-refractivity contribution in [2.45, 2.75) is 51.7 Å². The lowest BCUT2D eigenvalue weighted by Gasteiger charge is -2.61. The Hall–Kier alpha value is -1.22. The van der Waals surface area contributed by atoms with Crippen molar-refractivity contribution in [1.29, 1.82) is 0 Å². The molecule has 6 nitrogen and oxygen atoms in total. The molecule has 0 radical (unpaired) electrons. The van der Waals surface area contributed by atoms with Crippen LogP contribution in [0.2, 0.25) is 0 Å². The number of ether oxygens (including phenoxy) is 3. The second-order valence-electron chi connectivity index (χ2n) is 6.98. The molecule has 1 aromatic rings. The maximum Gasteiger partial charge on any atom is 0.196 e. The van der Waals surface area contributed by atoms with Gasteiger partial charge >= 0.3 is 0 Å². The lowest BCUT2D eigenvalue weighted by molar-refractivity contribution is -0.168. The number of anilines is 1. The number of rotatable bonds is 7. The van der Waals surface area contributed by atoms with Gasteiger partial charge in [0, 0.05) is 36.4 Å². The summed E-state index contributed by atoms with van der Waals surface area (Å²) in [6.45, 7) is 5.63. The number of nitrogens with zero attached hydrogens (tertiary/aromatic N) is 1. The fraction of sp³-hybridized carbons (Fsp3) is 0.650. The van der Waals surface area contributed by atoms with E-state index in [0.717, 1.165) is 31.2 Å². The van der Waals surface area contributed by atoms with Crippen molar-refractivity contribution in [3.63, 3.8) is 0 Å². The van der Waals surface area contributed by atoms with Crippen LogP contribution in [0.4, 0.5) is 5.69 Å². The Kier molecular flexibility index (Phi) is 8.03. The number of benzene rings is 1. The standard InChI is InChI=1S/C20H31N3O3.HI/c1-5-21-19(22-14-8-9-15(24-3)16(12-14)25-4)23-17-13-18(26-6-2)20(17)10-7-11-20;/h8-9,12,17-18H,5-7,10-11,13H2,1-4H3,(H2,21,22,23);1H. The van der Waals surface area contributed by atoms with Crippen LogP contribution in [-0.4, -0.2) is 45.5 Å². The maximum atomic E-state index is 5.95. The van der Waals surface area contributed by atoms with E-state index >= 15 is 0 Å². The van der Waals surface area contributed by atoms with Gasteiger partial charge in [-0.05, 0) is 45.2 Å². The van der Waals surface area contributed by atoms with Gasteiger partial charge in [-0.25, -0.2) is 0 Å². The molecule has 0 aromatic heterocycles. The van der Waals surface area contributed by atoms with Crippen molar-refractivity contribution in [2.24, 2.45) is 10.4 Å². The molecule has 3 rings (SSSR count). The third-order valence-electron chi connectivity index (χ3n) is 5.71. The summed E-state index contributed by atoms with van der Waals surface area (Å²) in [7, 11) is 3.28. The monoisotopic (exact) mass is 489 g/mol. The maximum absolute atomic E-state index is 5.95. The largest absolute Gasteiger partial charge is 0.493 e. The fourth-order valence-corrected chi connectivity index (χ4v) is 4.14. The lowest BCUT2D eigenvalue weighted by atomic mass is 9.51. The Labute approximate surface area is 179 Å². The van der Waals surface area contributed by atoms with E-state index in [2.05, 4.69) is 22.5 Å². The number of hydrogen-bond acceptors (Lipinski definition) is 4. The van der Waals surface area contributed by atoms with Crippen molar-refractivity contribution >= 4 is 35.6 Å². The summed E-state index contributed by atoms with van der Waals surface area (Å²) in [5.74, 6) is 2.22. The summed E-state index contributed by atoms with van der Waals surface area (Å²) in [5, 5.41) is 7.04. The Morgan fingerprint density at radius 2 is 1.93 bits per heavy atom. The quantitative estimate of drug-likeness (QED) is 0.344. The van der Waals surface area contributed by atoms with E-state index in [9.17, 15) is 0 Å². The zero-order valence-corrected chi connectivity index (χ0v) is 19.0. The fourth-order valence-electron chi connectivity index (χ4n) is 4.14. The van der Waals surface area contributed by atoms with Crippen LogP contribution in [-0.2, 0) is 4.74 Å². The minimum atomic E-state index is 0. The SMILES string of the molecule is CCN=C(Nc1ccc(OC)c(OC)c1)NC1CC(OCC)C12CCC2.I. The van der Waals surface area contributed by atoms with Crippen molar-refractivity contribution in [3.05, 3.63) is 18.2 Å². The van der Waals surface area contributed by atoms with E-state index in [1.807, 2.05) is 25.1 Å². The topological polar surface area (TPSA) is 64.1 Å². The van der Waals surface area contributed by atoms with Gasteiger partial charge in [-0.2, -0.15) is 0 Å². The Bertz CT molecular complexity index is 649. The minimum Gasteiger partial charge on any atom is -0.493 e. The molecule has 0 heterocycles. The molecular weight excluding hydrogens is 457 g/mol. The summed E-state index contributed by atoms with van der Waals surface area (Å²) in [5.41, 5.74) is 1.22. The minimum absolute atomic E-state index is 0. The van der Waals surface area contributed by atoms with E-state index in [-0.39, 0.29) is 24.0 Å². The molecule has 2 fully saturated rings. The van der Waals surface area contributed by atoms with Crippen molar-refractivity contribution in [1.82, 2.24) is 5.32 Å². The van der Waals surface area contributed by atoms with Crippen molar-refractivity contribution in [3.8, 4) is 11.5 Å². The molecule has 2 saturated carbocycles. The molecule has 2 unspecified atom stereocenters. The predicted molar refractivity (Wildman–Crippen MR) is 120 cm³/mol. The van der Waals surface area contributed by atoms with Crippen LogP contribution in [0.5, 0.6) is 11.5 Å². The Morgan fingerprint density at radius 1 is 1.19 bits per heavy atom. The molecule has 2 N–H and O–H groups in total. The molecule has 152 valence electrons. The van der Waals surface area contributed by atoms with Gasteiger partial charge in [0.15, 0.2) is 17.5 Å². The zero-order chi connectivity index (χ0) is 18.6. The molecule has 1 spiro atoms. The predicted octanol–water partition coefficient (Wildman–Crippen LogP) is 4.05. The van der Waals surface area contributed by atoms with Crippen LogP contribution < -0.4 is 20.1 Å². The number of halogens is 1. The van der Waals surface area contributed by atoms with E-state index in [1.54, 1.807) is 14.2 Å². The summed E-state index contributed by atoms with van der Waals surface area (Å²) in [4.78, 5) is 4.62. The van der Waals surface area contributed by atoms with E-state index in [1.165, 1.54) is 19.3 Å². The van der Waals surface area contributed by atoms with Gasteiger partial charge < -0.3 is 24.8 Å². The lowest BCUT2D eigenvalue weighted by Crippen LogP contribution is -2.68. The van der Waals surface area contributed by atoms with Crippen LogP contribution in [0.1, 0.15) is 39.5 Å². The van der Waals surface area contributed by atoms with Crippen molar-refractivity contribution < 1.29 is 14.2 Å². The summed E-state index contributed by atoms with van der Waals surface area (Å²) in [6, 6.07) is 6.21. The average Bonchev–Trinajstić information content (AvgIpc) is 2.59. The number of guanidine groups is 1. The van der Waals surface area contributed by atoms with E-state index in [4.69, 9.17) is 14.2 Å². The molecule has 0 amide bonds. The molecule has 0 saturated heterocycles. The normalized spacial score (nSPS) is 22.9. The first-order valence-corrected chi connectivity index (χ1v) is 9.58. The summed E-state index contributed by atoms with van der Waals surface area (Å²) < 4.78 is 16.6. The highest BCUT2D eigenvalue weighted by atomic mass is 127. The van der Waals surface area contributed by atoms with Crippen LogP contribution in [0.15, 0.2) is 23.2 Å². The van der Waals surface area contributed by atoms with Gasteiger partial charge in [-0.3, -0.25) is 4.99 Å². The highest BCUT2D eigenvalue weighted by molar-refractivity contribution is 14.0. The zero-order valence-electron chi connectivity index (χ0n) is 16.7. The molecule has 1 aromatic carbocycles. The third-order valence-corrected chi connectivity index (χ3v) is 5.71. The van der Waals surface area contributed by atoms with Gasteiger partial charge in [0.25, 0.3) is 0 Å². The van der Waals surface area contributed by atoms with Crippen LogP contribution in [0, 0.1) is 5.41 Å². The van der Waals surface area contributed by atoms with E-state index < -0.39 is 0 Å². The second kappa shape index (κ2) is 9.82. The van der Waals surface area contributed by atoms with Gasteiger partial charge in [0.1, 0.15) is 0 Å². The van der Waals surface area contributed by atoms with Gasteiger partial charge in [-0.1, -0.05) is 6.42 Å². The second-order valence-corrected chi connectivity index (χ2v) is 6.98. The molecular formula is C20H32IN3O3. The first-order valence-electron chi connectivity index (χ1n) is 9.58. The first-order chi connectivity index (χ1) is 12.7. The summed E-state index contributed by atoms with van der Waals surface area (Å²) >= 11 is 0. The highest BCUT2D eigenvalue weighted by Crippen LogP contribution is 2.57. The van der Waals surface area contributed by atoms with E-state index in [0.29, 0.717) is 29.1 Å². The van der Waals surface area contributed by atoms with Crippen molar-refractivity contribution in [2.75, 3.05) is 32.7 Å². The highest BCUT2D eigenvalue weighted by Gasteiger charge is 2.59. The van der Waals surface area contributed by atoms with Gasteiger partial charge in [0.2, 0.25) is 0 Å². The molecule has 2 aliphatic rings. The number of nitrogens with one attached hydrogen (secondary N) is 2. The third kappa shape index (κ3) is 4.45. The average molecular weight is 489 g/mol. The molecule has 0 bridgehead atoms. The Balaban J connectivity index is 0.00000261. The molecule has 27 heavy (non-hydrogen) atoms. The molecule has 7 heteroatoms. The van der Waals surface area contributed by atoms with Gasteiger partial charge in [0.05, 0.1) is 20.3 Å². The van der Waals surface area contributed by atoms with Crippen LogP contribution in [0.25, 0.3) is 0 Å².